The van der Waals surface area contributed by atoms with Gasteiger partial charge in [-0.2, -0.15) is 0 Å². The van der Waals surface area contributed by atoms with Crippen molar-refractivity contribution in [1.29, 1.82) is 0 Å². The molecule has 24 heavy (non-hydrogen) atoms. The number of morpholine rings is 1. The van der Waals surface area contributed by atoms with E-state index in [9.17, 15) is 4.79 Å². The Balaban J connectivity index is 1.75. The van der Waals surface area contributed by atoms with Gasteiger partial charge in [-0.3, -0.25) is 9.69 Å². The number of nitrogens with zero attached hydrogens (tertiary/aromatic N) is 1. The number of carbonyl (C=O) groups is 1. The van der Waals surface area contributed by atoms with Crippen molar-refractivity contribution >= 4 is 17.5 Å². The van der Waals surface area contributed by atoms with Crippen LogP contribution in [0, 0.1) is 0 Å². The predicted octanol–water partition coefficient (Wildman–Crippen LogP) is 3.14. The molecule has 5 heteroatoms. The summed E-state index contributed by atoms with van der Waals surface area (Å²) < 4.78 is 5.41. The van der Waals surface area contributed by atoms with Crippen LogP contribution in [-0.2, 0) is 4.74 Å². The minimum atomic E-state index is -0.111. The highest BCUT2D eigenvalue weighted by atomic mass is 35.5. The summed E-state index contributed by atoms with van der Waals surface area (Å²) in [6.07, 6.45) is 0. The lowest BCUT2D eigenvalue weighted by Crippen LogP contribution is -2.43. The smallest absolute Gasteiger partial charge is 0.251 e. The second-order valence-electron chi connectivity index (χ2n) is 5.86. The fourth-order valence-electron chi connectivity index (χ4n) is 2.83. The maximum Gasteiger partial charge on any atom is 0.251 e. The number of carbonyl (C=O) groups excluding carboxylic acids is 1. The lowest BCUT2D eigenvalue weighted by Gasteiger charge is -2.31. The molecule has 1 aliphatic rings. The van der Waals surface area contributed by atoms with Crippen molar-refractivity contribution in [2.24, 2.45) is 0 Å². The molecule has 2 aromatic rings. The minimum absolute atomic E-state index is 0.0734. The first kappa shape index (κ1) is 17.0. The second kappa shape index (κ2) is 8.29. The van der Waals surface area contributed by atoms with E-state index in [1.165, 1.54) is 0 Å². The highest BCUT2D eigenvalue weighted by Crippen LogP contribution is 2.17. The summed E-state index contributed by atoms with van der Waals surface area (Å²) in [4.78, 5) is 14.9. The number of ether oxygens (including phenoxy) is 1. The average molecular weight is 345 g/mol. The van der Waals surface area contributed by atoms with Crippen LogP contribution in [0.1, 0.15) is 22.0 Å². The molecule has 2 aromatic carbocycles. The zero-order valence-corrected chi connectivity index (χ0v) is 14.2. The number of halogens is 1. The van der Waals surface area contributed by atoms with E-state index in [0.29, 0.717) is 10.6 Å². The Morgan fingerprint density at radius 1 is 1.12 bits per heavy atom. The van der Waals surface area contributed by atoms with Crippen molar-refractivity contribution in [3.63, 3.8) is 0 Å². The molecule has 0 unspecified atom stereocenters. The third-order valence-corrected chi connectivity index (χ3v) is 4.37. The highest BCUT2D eigenvalue weighted by molar-refractivity contribution is 6.30. The first-order valence-electron chi connectivity index (χ1n) is 8.14. The van der Waals surface area contributed by atoms with Crippen molar-refractivity contribution in [2.75, 3.05) is 32.8 Å². The molecule has 0 radical (unpaired) electrons. The van der Waals surface area contributed by atoms with Gasteiger partial charge in [0.15, 0.2) is 0 Å². The van der Waals surface area contributed by atoms with Crippen LogP contribution in [0.2, 0.25) is 5.02 Å². The molecule has 0 aliphatic carbocycles. The molecule has 1 atom stereocenters. The van der Waals surface area contributed by atoms with Gasteiger partial charge in [-0.1, -0.05) is 48.0 Å². The van der Waals surface area contributed by atoms with Gasteiger partial charge in [0.25, 0.3) is 5.91 Å². The summed E-state index contributed by atoms with van der Waals surface area (Å²) in [5, 5.41) is 3.71. The van der Waals surface area contributed by atoms with Gasteiger partial charge in [0.1, 0.15) is 0 Å². The lowest BCUT2D eigenvalue weighted by atomic mass is 10.1. The number of benzene rings is 2. The summed E-state index contributed by atoms with van der Waals surface area (Å²) in [5.74, 6) is -0.111. The summed E-state index contributed by atoms with van der Waals surface area (Å²) in [6.45, 7) is 4.01. The minimum Gasteiger partial charge on any atom is -0.379 e. The van der Waals surface area contributed by atoms with Crippen LogP contribution in [0.5, 0.6) is 0 Å². The Hall–Kier alpha value is -1.88. The van der Waals surface area contributed by atoms with Gasteiger partial charge in [0.05, 0.1) is 19.3 Å². The van der Waals surface area contributed by atoms with Crippen molar-refractivity contribution in [3.8, 4) is 0 Å². The first-order chi connectivity index (χ1) is 11.7. The van der Waals surface area contributed by atoms with Crippen LogP contribution in [0.25, 0.3) is 0 Å². The molecule has 3 rings (SSSR count). The second-order valence-corrected chi connectivity index (χ2v) is 6.30. The van der Waals surface area contributed by atoms with E-state index >= 15 is 0 Å². The van der Waals surface area contributed by atoms with E-state index in [2.05, 4.69) is 10.2 Å². The van der Waals surface area contributed by atoms with Crippen LogP contribution in [0.15, 0.2) is 54.6 Å². The van der Waals surface area contributed by atoms with E-state index in [1.54, 1.807) is 24.3 Å². The van der Waals surface area contributed by atoms with Crippen molar-refractivity contribution in [2.45, 2.75) is 6.04 Å². The third-order valence-electron chi connectivity index (χ3n) is 4.14. The SMILES string of the molecule is O=C(N[C@H](CN1CCOCC1)c1ccccc1)c1cccc(Cl)c1. The lowest BCUT2D eigenvalue weighted by molar-refractivity contribution is 0.0332. The van der Waals surface area contributed by atoms with Crippen molar-refractivity contribution in [3.05, 3.63) is 70.7 Å². The molecule has 1 aliphatic heterocycles. The molecule has 126 valence electrons. The molecule has 1 heterocycles. The molecule has 4 nitrogen and oxygen atoms in total. The van der Waals surface area contributed by atoms with E-state index in [4.69, 9.17) is 16.3 Å². The Labute approximate surface area is 147 Å². The molecule has 1 N–H and O–H groups in total. The van der Waals surface area contributed by atoms with Gasteiger partial charge in [-0.25, -0.2) is 0 Å². The number of hydrogen-bond acceptors (Lipinski definition) is 3. The van der Waals surface area contributed by atoms with Gasteiger partial charge < -0.3 is 10.1 Å². The van der Waals surface area contributed by atoms with Crippen LogP contribution in [0.3, 0.4) is 0 Å². The van der Waals surface area contributed by atoms with Crippen LogP contribution in [-0.4, -0.2) is 43.7 Å². The molecule has 1 fully saturated rings. The topological polar surface area (TPSA) is 41.6 Å². The highest BCUT2D eigenvalue weighted by Gasteiger charge is 2.20. The molecule has 0 aromatic heterocycles. The fraction of sp³-hybridized carbons (Fsp3) is 0.316. The Morgan fingerprint density at radius 2 is 1.88 bits per heavy atom. The van der Waals surface area contributed by atoms with Crippen molar-refractivity contribution < 1.29 is 9.53 Å². The molecule has 1 amide bonds. The van der Waals surface area contributed by atoms with E-state index < -0.39 is 0 Å². The fourth-order valence-corrected chi connectivity index (χ4v) is 3.02. The van der Waals surface area contributed by atoms with Crippen LogP contribution < -0.4 is 5.32 Å². The summed E-state index contributed by atoms with van der Waals surface area (Å²) in [7, 11) is 0. The van der Waals surface area contributed by atoms with E-state index in [-0.39, 0.29) is 11.9 Å². The van der Waals surface area contributed by atoms with Gasteiger partial charge >= 0.3 is 0 Å². The quantitative estimate of drug-likeness (QED) is 0.906. The Morgan fingerprint density at radius 3 is 2.58 bits per heavy atom. The Bertz CT molecular complexity index is 672. The van der Waals surface area contributed by atoms with Gasteiger partial charge in [0, 0.05) is 30.2 Å². The van der Waals surface area contributed by atoms with Crippen LogP contribution >= 0.6 is 11.6 Å². The molecule has 0 bridgehead atoms. The standard InChI is InChI=1S/C19H21ClN2O2/c20-17-8-4-7-16(13-17)19(23)21-18(15-5-2-1-3-6-15)14-22-9-11-24-12-10-22/h1-8,13,18H,9-12,14H2,(H,21,23)/t18-/m1/s1. The Kier molecular flexibility index (Phi) is 5.86. The summed E-state index contributed by atoms with van der Waals surface area (Å²) in [6, 6.07) is 17.0. The number of rotatable bonds is 5. The van der Waals surface area contributed by atoms with E-state index in [1.807, 2.05) is 30.3 Å². The van der Waals surface area contributed by atoms with Gasteiger partial charge in [-0.05, 0) is 23.8 Å². The molecular weight excluding hydrogens is 324 g/mol. The maximum absolute atomic E-state index is 12.6. The predicted molar refractivity (Wildman–Crippen MR) is 95.4 cm³/mol. The summed E-state index contributed by atoms with van der Waals surface area (Å²) >= 11 is 6.00. The van der Waals surface area contributed by atoms with Crippen molar-refractivity contribution in [1.82, 2.24) is 10.2 Å². The number of nitrogens with one attached hydrogen (secondary N) is 1. The number of amides is 1. The van der Waals surface area contributed by atoms with Gasteiger partial charge in [-0.15, -0.1) is 0 Å². The molecule has 1 saturated heterocycles. The monoisotopic (exact) mass is 344 g/mol. The normalized spacial score (nSPS) is 16.5. The third kappa shape index (κ3) is 4.57. The zero-order chi connectivity index (χ0) is 16.8. The summed E-state index contributed by atoms with van der Waals surface area (Å²) in [5.41, 5.74) is 1.67. The maximum atomic E-state index is 12.6. The first-order valence-corrected chi connectivity index (χ1v) is 8.51. The average Bonchev–Trinajstić information content (AvgIpc) is 2.63. The molecule has 0 spiro atoms. The zero-order valence-electron chi connectivity index (χ0n) is 13.5. The largest absolute Gasteiger partial charge is 0.379 e. The molecule has 0 saturated carbocycles. The van der Waals surface area contributed by atoms with Crippen LogP contribution in [0.4, 0.5) is 0 Å². The number of hydrogen-bond donors (Lipinski definition) is 1. The molecular formula is C19H21ClN2O2. The van der Waals surface area contributed by atoms with E-state index in [0.717, 1.165) is 38.4 Å². The van der Waals surface area contributed by atoms with Gasteiger partial charge in [0.2, 0.25) is 0 Å².